The van der Waals surface area contributed by atoms with E-state index in [0.29, 0.717) is 16.6 Å². The average Bonchev–Trinajstić information content (AvgIpc) is 3.23. The lowest BCUT2D eigenvalue weighted by molar-refractivity contribution is 0.0426. The van der Waals surface area contributed by atoms with Crippen LogP contribution in [-0.4, -0.2) is 23.2 Å². The van der Waals surface area contributed by atoms with Gasteiger partial charge in [-0.1, -0.05) is 16.8 Å². The van der Waals surface area contributed by atoms with Gasteiger partial charge in [-0.05, 0) is 29.6 Å². The van der Waals surface area contributed by atoms with Crippen molar-refractivity contribution in [2.24, 2.45) is 0 Å². The van der Waals surface area contributed by atoms with Gasteiger partial charge in [-0.3, -0.25) is 0 Å². The fourth-order valence-corrected chi connectivity index (χ4v) is 2.67. The van der Waals surface area contributed by atoms with Crippen LogP contribution in [0, 0.1) is 0 Å². The maximum Gasteiger partial charge on any atom is 0.342 e. The number of benzene rings is 1. The van der Waals surface area contributed by atoms with E-state index >= 15 is 0 Å². The minimum absolute atomic E-state index is 0.133. The molecule has 0 aliphatic heterocycles. The Hall–Kier alpha value is -2.38. The van der Waals surface area contributed by atoms with Crippen LogP contribution in [0.2, 0.25) is 5.02 Å². The number of nitrogens with zero attached hydrogens (tertiary/aromatic N) is 2. The summed E-state index contributed by atoms with van der Waals surface area (Å²) in [5.41, 5.74) is 1.09. The molecule has 0 bridgehead atoms. The van der Waals surface area contributed by atoms with Crippen LogP contribution in [0.25, 0.3) is 11.4 Å². The Morgan fingerprint density at radius 2 is 2.26 bits per heavy atom. The van der Waals surface area contributed by atoms with Gasteiger partial charge in [0, 0.05) is 16.0 Å². The zero-order valence-corrected chi connectivity index (χ0v) is 13.6. The lowest BCUT2D eigenvalue weighted by Gasteiger charge is -2.07. The van der Waals surface area contributed by atoms with Gasteiger partial charge in [-0.25, -0.2) is 4.79 Å². The zero-order valence-electron chi connectivity index (χ0n) is 12.0. The van der Waals surface area contributed by atoms with Crippen molar-refractivity contribution in [1.29, 1.82) is 0 Å². The summed E-state index contributed by atoms with van der Waals surface area (Å²) in [6.07, 6.45) is 0. The van der Waals surface area contributed by atoms with Crippen LogP contribution in [0.5, 0.6) is 5.75 Å². The highest BCUT2D eigenvalue weighted by Gasteiger charge is 2.16. The number of rotatable bonds is 5. The van der Waals surface area contributed by atoms with E-state index < -0.39 is 5.97 Å². The number of esters is 1. The van der Waals surface area contributed by atoms with Crippen molar-refractivity contribution in [3.05, 3.63) is 51.5 Å². The summed E-state index contributed by atoms with van der Waals surface area (Å²) in [6.45, 7) is -0.133. The van der Waals surface area contributed by atoms with Crippen LogP contribution >= 0.6 is 22.9 Å². The van der Waals surface area contributed by atoms with Crippen molar-refractivity contribution >= 4 is 28.9 Å². The first kappa shape index (κ1) is 15.5. The second kappa shape index (κ2) is 6.80. The van der Waals surface area contributed by atoms with Crippen molar-refractivity contribution in [3.8, 4) is 17.1 Å². The summed E-state index contributed by atoms with van der Waals surface area (Å²) in [6, 6.07) is 6.58. The highest BCUT2D eigenvalue weighted by atomic mass is 35.5. The third-order valence-electron chi connectivity index (χ3n) is 2.96. The first-order valence-corrected chi connectivity index (χ1v) is 7.85. The van der Waals surface area contributed by atoms with E-state index in [4.69, 9.17) is 25.6 Å². The molecular formula is C15H11ClN2O4S. The molecule has 3 rings (SSSR count). The van der Waals surface area contributed by atoms with Crippen LogP contribution in [0.4, 0.5) is 0 Å². The number of aromatic nitrogens is 2. The van der Waals surface area contributed by atoms with E-state index in [1.54, 1.807) is 12.1 Å². The maximum atomic E-state index is 12.1. The maximum absolute atomic E-state index is 12.1. The predicted molar refractivity (Wildman–Crippen MR) is 84.7 cm³/mol. The fraction of sp³-hybridized carbons (Fsp3) is 0.133. The first-order valence-electron chi connectivity index (χ1n) is 6.53. The number of thiophene rings is 1. The molecule has 0 radical (unpaired) electrons. The number of ether oxygens (including phenoxy) is 2. The fourth-order valence-electron chi connectivity index (χ4n) is 1.87. The number of halogens is 1. The minimum atomic E-state index is -0.584. The van der Waals surface area contributed by atoms with Crippen LogP contribution < -0.4 is 4.74 Å². The van der Waals surface area contributed by atoms with Crippen LogP contribution in [0.1, 0.15) is 16.2 Å². The molecule has 0 spiro atoms. The average molecular weight is 351 g/mol. The van der Waals surface area contributed by atoms with Crippen molar-refractivity contribution in [2.75, 3.05) is 7.11 Å². The van der Waals surface area contributed by atoms with E-state index in [0.717, 1.165) is 5.56 Å². The lowest BCUT2D eigenvalue weighted by Crippen LogP contribution is -2.07. The normalized spacial score (nSPS) is 10.5. The summed E-state index contributed by atoms with van der Waals surface area (Å²) in [5.74, 6) is 0.460. The summed E-state index contributed by atoms with van der Waals surface area (Å²) in [5, 5.41) is 8.07. The summed E-state index contributed by atoms with van der Waals surface area (Å²) < 4.78 is 15.4. The molecular weight excluding hydrogens is 340 g/mol. The van der Waals surface area contributed by atoms with E-state index in [1.807, 2.05) is 16.8 Å². The van der Waals surface area contributed by atoms with Gasteiger partial charge in [0.2, 0.25) is 5.82 Å². The van der Waals surface area contributed by atoms with Crippen molar-refractivity contribution in [3.63, 3.8) is 0 Å². The Morgan fingerprint density at radius 3 is 3.00 bits per heavy atom. The van der Waals surface area contributed by atoms with E-state index in [9.17, 15) is 4.79 Å². The van der Waals surface area contributed by atoms with Gasteiger partial charge in [-0.15, -0.1) is 0 Å². The third-order valence-corrected chi connectivity index (χ3v) is 3.87. The topological polar surface area (TPSA) is 74.5 Å². The molecule has 0 unspecified atom stereocenters. The molecule has 118 valence electrons. The molecule has 0 saturated carbocycles. The van der Waals surface area contributed by atoms with Gasteiger partial charge in [0.1, 0.15) is 11.3 Å². The Bertz CT molecular complexity index is 817. The highest BCUT2D eigenvalue weighted by molar-refractivity contribution is 7.08. The molecule has 0 N–H and O–H groups in total. The van der Waals surface area contributed by atoms with Crippen molar-refractivity contribution < 1.29 is 18.8 Å². The third kappa shape index (κ3) is 3.52. The van der Waals surface area contributed by atoms with Gasteiger partial charge in [-0.2, -0.15) is 16.3 Å². The smallest absolute Gasteiger partial charge is 0.342 e. The highest BCUT2D eigenvalue weighted by Crippen LogP contribution is 2.24. The van der Waals surface area contributed by atoms with E-state index in [-0.39, 0.29) is 18.1 Å². The molecule has 2 aromatic heterocycles. The van der Waals surface area contributed by atoms with Crippen molar-refractivity contribution in [1.82, 2.24) is 10.1 Å². The number of methoxy groups -OCH3 is 1. The second-order valence-electron chi connectivity index (χ2n) is 4.44. The predicted octanol–water partition coefficient (Wildman–Crippen LogP) is 3.82. The number of carbonyl (C=O) groups is 1. The monoisotopic (exact) mass is 350 g/mol. The number of carbonyl (C=O) groups excluding carboxylic acids is 1. The zero-order chi connectivity index (χ0) is 16.2. The molecule has 0 fully saturated rings. The van der Waals surface area contributed by atoms with Gasteiger partial charge in [0.15, 0.2) is 6.61 Å². The molecule has 0 amide bonds. The van der Waals surface area contributed by atoms with E-state index in [1.165, 1.54) is 24.5 Å². The number of hydrogen-bond donors (Lipinski definition) is 0. The van der Waals surface area contributed by atoms with Crippen LogP contribution in [0.15, 0.2) is 39.5 Å². The Balaban J connectivity index is 1.69. The second-order valence-corrected chi connectivity index (χ2v) is 5.66. The first-order chi connectivity index (χ1) is 11.2. The van der Waals surface area contributed by atoms with Crippen molar-refractivity contribution in [2.45, 2.75) is 6.61 Å². The molecule has 3 aromatic rings. The Morgan fingerprint density at radius 1 is 1.39 bits per heavy atom. The van der Waals surface area contributed by atoms with Gasteiger partial charge in [0.25, 0.3) is 5.89 Å². The molecule has 0 atom stereocenters. The summed E-state index contributed by atoms with van der Waals surface area (Å²) in [4.78, 5) is 16.3. The summed E-state index contributed by atoms with van der Waals surface area (Å²) >= 11 is 7.42. The number of hydrogen-bond acceptors (Lipinski definition) is 7. The van der Waals surface area contributed by atoms with E-state index in [2.05, 4.69) is 10.1 Å². The largest absolute Gasteiger partial charge is 0.496 e. The van der Waals surface area contributed by atoms with Gasteiger partial charge >= 0.3 is 5.97 Å². The molecule has 0 aliphatic carbocycles. The SMILES string of the molecule is COc1ccc(Cl)cc1C(=O)OCc1nc(-c2ccsc2)no1. The molecule has 1 aromatic carbocycles. The molecule has 6 nitrogen and oxygen atoms in total. The van der Waals surface area contributed by atoms with Gasteiger partial charge in [0.05, 0.1) is 7.11 Å². The summed E-state index contributed by atoms with van der Waals surface area (Å²) in [7, 11) is 1.46. The van der Waals surface area contributed by atoms with Crippen LogP contribution in [-0.2, 0) is 11.3 Å². The molecule has 23 heavy (non-hydrogen) atoms. The minimum Gasteiger partial charge on any atom is -0.496 e. The van der Waals surface area contributed by atoms with Crippen LogP contribution in [0.3, 0.4) is 0 Å². The molecule has 2 heterocycles. The quantitative estimate of drug-likeness (QED) is 0.651. The molecule has 8 heteroatoms. The van der Waals surface area contributed by atoms with Gasteiger partial charge < -0.3 is 14.0 Å². The Labute approximate surface area is 140 Å². The standard InChI is InChI=1S/C15H11ClN2O4S/c1-20-12-3-2-10(16)6-11(12)15(19)21-7-13-17-14(18-22-13)9-4-5-23-8-9/h2-6,8H,7H2,1H3. The molecule has 0 aliphatic rings. The molecule has 0 saturated heterocycles. The Kier molecular flexibility index (Phi) is 4.59. The lowest BCUT2D eigenvalue weighted by atomic mass is 10.2.